The quantitative estimate of drug-likeness (QED) is 0.632. The number of halogens is 1. The van der Waals surface area contributed by atoms with Crippen LogP contribution in [0.25, 0.3) is 0 Å². The predicted octanol–water partition coefficient (Wildman–Crippen LogP) is 3.24. The summed E-state index contributed by atoms with van der Waals surface area (Å²) in [5.74, 6) is 0.889. The van der Waals surface area contributed by atoms with Gasteiger partial charge in [-0.3, -0.25) is 4.79 Å². The number of amides is 1. The molecule has 0 radical (unpaired) electrons. The topological polar surface area (TPSA) is 64.4 Å². The second-order valence-corrected chi connectivity index (χ2v) is 6.06. The molecule has 0 aromatic heterocycles. The van der Waals surface area contributed by atoms with Gasteiger partial charge in [0.15, 0.2) is 0 Å². The molecule has 4 nitrogen and oxygen atoms in total. The molecular weight excluding hydrogens is 332 g/mol. The Labute approximate surface area is 135 Å². The number of hydrogen-bond acceptors (Lipinski definition) is 3. The van der Waals surface area contributed by atoms with Gasteiger partial charge < -0.3 is 15.8 Å². The van der Waals surface area contributed by atoms with Crippen molar-refractivity contribution < 1.29 is 9.53 Å². The van der Waals surface area contributed by atoms with E-state index in [4.69, 9.17) is 10.5 Å². The lowest BCUT2D eigenvalue weighted by Gasteiger charge is -2.15. The van der Waals surface area contributed by atoms with E-state index in [1.807, 2.05) is 31.2 Å². The molecule has 5 heteroatoms. The summed E-state index contributed by atoms with van der Waals surface area (Å²) in [5.41, 5.74) is 5.43. The third-order valence-corrected chi connectivity index (χ3v) is 3.57. The maximum atomic E-state index is 11.7. The molecule has 3 N–H and O–H groups in total. The van der Waals surface area contributed by atoms with Crippen molar-refractivity contribution in [3.8, 4) is 5.75 Å². The van der Waals surface area contributed by atoms with Crippen molar-refractivity contribution in [1.82, 2.24) is 5.32 Å². The van der Waals surface area contributed by atoms with Gasteiger partial charge in [-0.1, -0.05) is 34.8 Å². The van der Waals surface area contributed by atoms with Crippen LogP contribution in [0, 0.1) is 0 Å². The molecule has 0 fully saturated rings. The van der Waals surface area contributed by atoms with Gasteiger partial charge in [0, 0.05) is 10.9 Å². The van der Waals surface area contributed by atoms with Crippen LogP contribution in [0.15, 0.2) is 28.7 Å². The van der Waals surface area contributed by atoms with Crippen LogP contribution in [0.1, 0.15) is 39.0 Å². The van der Waals surface area contributed by atoms with Gasteiger partial charge in [-0.2, -0.15) is 0 Å². The first-order valence-corrected chi connectivity index (χ1v) is 8.30. The molecule has 0 saturated carbocycles. The molecule has 1 aromatic carbocycles. The van der Waals surface area contributed by atoms with E-state index in [9.17, 15) is 4.79 Å². The monoisotopic (exact) mass is 356 g/mol. The molecule has 0 aliphatic heterocycles. The van der Waals surface area contributed by atoms with Gasteiger partial charge in [0.05, 0.1) is 6.54 Å². The van der Waals surface area contributed by atoms with Crippen LogP contribution in [0.2, 0.25) is 0 Å². The first-order valence-electron chi connectivity index (χ1n) is 7.51. The maximum Gasteiger partial charge on any atom is 0.220 e. The Bertz CT molecular complexity index is 426. The fraction of sp³-hybridized carbons (Fsp3) is 0.562. The number of ether oxygens (including phenoxy) is 1. The fourth-order valence-corrected chi connectivity index (χ4v) is 2.32. The highest BCUT2D eigenvalue weighted by atomic mass is 79.9. The molecule has 0 aliphatic carbocycles. The smallest absolute Gasteiger partial charge is 0.220 e. The van der Waals surface area contributed by atoms with Crippen LogP contribution >= 0.6 is 15.9 Å². The Morgan fingerprint density at radius 2 is 2.10 bits per heavy atom. The zero-order chi connectivity index (χ0) is 15.5. The van der Waals surface area contributed by atoms with Crippen LogP contribution in [-0.2, 0) is 4.79 Å². The van der Waals surface area contributed by atoms with Gasteiger partial charge in [-0.15, -0.1) is 0 Å². The van der Waals surface area contributed by atoms with Gasteiger partial charge in [0.2, 0.25) is 5.91 Å². The second kappa shape index (κ2) is 10.6. The Kier molecular flexibility index (Phi) is 9.10. The molecule has 1 atom stereocenters. The first kappa shape index (κ1) is 18.0. The lowest BCUT2D eigenvalue weighted by atomic mass is 10.1. The van der Waals surface area contributed by atoms with E-state index in [0.717, 1.165) is 42.5 Å². The van der Waals surface area contributed by atoms with E-state index < -0.39 is 0 Å². The molecule has 0 saturated heterocycles. The van der Waals surface area contributed by atoms with Gasteiger partial charge in [0.25, 0.3) is 0 Å². The zero-order valence-electron chi connectivity index (χ0n) is 12.6. The van der Waals surface area contributed by atoms with Crippen LogP contribution in [-0.4, -0.2) is 25.1 Å². The largest absolute Gasteiger partial charge is 0.489 e. The van der Waals surface area contributed by atoms with Crippen LogP contribution in [0.4, 0.5) is 0 Å². The summed E-state index contributed by atoms with van der Waals surface area (Å²) in [4.78, 5) is 11.7. The Morgan fingerprint density at radius 3 is 2.81 bits per heavy atom. The van der Waals surface area contributed by atoms with Gasteiger partial charge >= 0.3 is 0 Å². The Balaban J connectivity index is 2.14. The number of rotatable bonds is 10. The summed E-state index contributed by atoms with van der Waals surface area (Å²) >= 11 is 3.40. The van der Waals surface area contributed by atoms with E-state index in [-0.39, 0.29) is 12.0 Å². The molecule has 1 rings (SSSR count). The zero-order valence-corrected chi connectivity index (χ0v) is 14.2. The third kappa shape index (κ3) is 8.73. The number of carbonyl (C=O) groups excluding carboxylic acids is 1. The van der Waals surface area contributed by atoms with Crippen molar-refractivity contribution in [2.75, 3.05) is 13.1 Å². The highest BCUT2D eigenvalue weighted by Gasteiger charge is 2.07. The van der Waals surface area contributed by atoms with Crippen molar-refractivity contribution in [3.63, 3.8) is 0 Å². The summed E-state index contributed by atoms with van der Waals surface area (Å²) in [6, 6.07) is 7.69. The van der Waals surface area contributed by atoms with E-state index in [0.29, 0.717) is 13.0 Å². The lowest BCUT2D eigenvalue weighted by Crippen LogP contribution is -2.33. The third-order valence-electron chi connectivity index (χ3n) is 3.08. The number of unbranched alkanes of at least 4 members (excludes halogenated alkanes) is 3. The second-order valence-electron chi connectivity index (χ2n) is 5.14. The Hall–Kier alpha value is -1.07. The highest BCUT2D eigenvalue weighted by Crippen LogP contribution is 2.18. The van der Waals surface area contributed by atoms with E-state index in [2.05, 4.69) is 21.2 Å². The number of benzene rings is 1. The molecule has 1 amide bonds. The maximum absolute atomic E-state index is 11.7. The van der Waals surface area contributed by atoms with Crippen molar-refractivity contribution >= 4 is 21.8 Å². The minimum absolute atomic E-state index is 0.0551. The molecule has 118 valence electrons. The highest BCUT2D eigenvalue weighted by molar-refractivity contribution is 9.10. The van der Waals surface area contributed by atoms with Gasteiger partial charge in [-0.05, 0) is 44.5 Å². The molecule has 0 spiro atoms. The molecular formula is C16H25BrN2O2. The number of hydrogen-bond donors (Lipinski definition) is 2. The van der Waals surface area contributed by atoms with Gasteiger partial charge in [0.1, 0.15) is 11.9 Å². The minimum atomic E-state index is -0.0551. The lowest BCUT2D eigenvalue weighted by molar-refractivity contribution is -0.121. The van der Waals surface area contributed by atoms with Crippen molar-refractivity contribution in [2.45, 2.75) is 45.1 Å². The standard InChI is InChI=1S/C16H25BrN2O2/c1-13(21-15-8-6-7-14(17)11-15)12-19-16(20)9-4-2-3-5-10-18/h6-8,11,13H,2-5,9-10,12,18H2,1H3,(H,19,20). The first-order chi connectivity index (χ1) is 10.1. The predicted molar refractivity (Wildman–Crippen MR) is 89.4 cm³/mol. The van der Waals surface area contributed by atoms with E-state index in [1.54, 1.807) is 0 Å². The summed E-state index contributed by atoms with van der Waals surface area (Å²) in [7, 11) is 0. The number of nitrogens with two attached hydrogens (primary N) is 1. The summed E-state index contributed by atoms with van der Waals surface area (Å²) in [6.45, 7) is 3.20. The average molecular weight is 357 g/mol. The number of carbonyl (C=O) groups is 1. The van der Waals surface area contributed by atoms with Crippen LogP contribution in [0.5, 0.6) is 5.75 Å². The minimum Gasteiger partial charge on any atom is -0.489 e. The molecule has 0 aliphatic rings. The number of nitrogens with one attached hydrogen (secondary N) is 1. The SMILES string of the molecule is CC(CNC(=O)CCCCCCN)Oc1cccc(Br)c1. The van der Waals surface area contributed by atoms with Crippen molar-refractivity contribution in [2.24, 2.45) is 5.73 Å². The van der Waals surface area contributed by atoms with Crippen LogP contribution in [0.3, 0.4) is 0 Å². The average Bonchev–Trinajstić information content (AvgIpc) is 2.45. The van der Waals surface area contributed by atoms with E-state index >= 15 is 0 Å². The molecule has 0 heterocycles. The van der Waals surface area contributed by atoms with E-state index in [1.165, 1.54) is 0 Å². The molecule has 1 unspecified atom stereocenters. The Morgan fingerprint density at radius 1 is 1.33 bits per heavy atom. The molecule has 21 heavy (non-hydrogen) atoms. The fourth-order valence-electron chi connectivity index (χ4n) is 1.94. The summed E-state index contributed by atoms with van der Waals surface area (Å²) in [5, 5.41) is 2.91. The van der Waals surface area contributed by atoms with Crippen molar-refractivity contribution in [3.05, 3.63) is 28.7 Å². The summed E-state index contributed by atoms with van der Waals surface area (Å²) in [6.07, 6.45) is 4.65. The molecule has 1 aromatic rings. The van der Waals surface area contributed by atoms with Gasteiger partial charge in [-0.25, -0.2) is 0 Å². The van der Waals surface area contributed by atoms with Crippen LogP contribution < -0.4 is 15.8 Å². The molecule has 0 bridgehead atoms. The summed E-state index contributed by atoms with van der Waals surface area (Å²) < 4.78 is 6.72. The van der Waals surface area contributed by atoms with Crippen molar-refractivity contribution in [1.29, 1.82) is 0 Å². The normalized spacial score (nSPS) is 12.0.